The molecule has 6 nitrogen and oxygen atoms in total. The van der Waals surface area contributed by atoms with Crippen LogP contribution in [-0.2, 0) is 11.2 Å². The Morgan fingerprint density at radius 3 is 2.86 bits per heavy atom. The summed E-state index contributed by atoms with van der Waals surface area (Å²) in [6, 6.07) is 4.06. The molecule has 1 N–H and O–H groups in total. The number of hydrogen-bond donors (Lipinski definition) is 1. The molecule has 3 rings (SSSR count). The summed E-state index contributed by atoms with van der Waals surface area (Å²) >= 11 is 0. The van der Waals surface area contributed by atoms with Crippen LogP contribution in [0, 0.1) is 5.92 Å². The zero-order valence-corrected chi connectivity index (χ0v) is 18.1. The molecule has 1 heterocycles. The third-order valence-corrected chi connectivity index (χ3v) is 5.90. The zero-order chi connectivity index (χ0) is 21.2. The SMILES string of the molecule is CCCc1cc(OC(=O)NCN(C)C=O)c2c(c1)OC(C)(C)C1CCC(C)=CC21. The van der Waals surface area contributed by atoms with E-state index in [-0.39, 0.29) is 18.2 Å². The van der Waals surface area contributed by atoms with Crippen molar-refractivity contribution in [3.05, 3.63) is 34.9 Å². The van der Waals surface area contributed by atoms with Crippen molar-refractivity contribution in [2.24, 2.45) is 5.92 Å². The number of ether oxygens (including phenoxy) is 2. The average Bonchev–Trinajstić information content (AvgIpc) is 2.65. The van der Waals surface area contributed by atoms with Gasteiger partial charge >= 0.3 is 6.09 Å². The highest BCUT2D eigenvalue weighted by Gasteiger charge is 2.45. The monoisotopic (exact) mass is 400 g/mol. The quantitative estimate of drug-likeness (QED) is 0.437. The first-order chi connectivity index (χ1) is 13.7. The van der Waals surface area contributed by atoms with Crippen molar-refractivity contribution in [1.29, 1.82) is 0 Å². The van der Waals surface area contributed by atoms with Gasteiger partial charge in [0.1, 0.15) is 17.1 Å². The predicted octanol–water partition coefficient (Wildman–Crippen LogP) is 4.38. The van der Waals surface area contributed by atoms with Gasteiger partial charge in [-0.25, -0.2) is 4.79 Å². The number of hydrogen-bond acceptors (Lipinski definition) is 4. The lowest BCUT2D eigenvalue weighted by Gasteiger charge is -2.46. The number of rotatable bonds is 6. The fraction of sp³-hybridized carbons (Fsp3) is 0.565. The Balaban J connectivity index is 2.00. The van der Waals surface area contributed by atoms with Gasteiger partial charge in [0.25, 0.3) is 0 Å². The molecular formula is C23H32N2O4. The molecule has 1 aliphatic carbocycles. The Labute approximate surface area is 173 Å². The number of allylic oxidation sites excluding steroid dienone is 2. The van der Waals surface area contributed by atoms with Crippen LogP contribution in [0.15, 0.2) is 23.8 Å². The maximum atomic E-state index is 12.4. The van der Waals surface area contributed by atoms with Crippen molar-refractivity contribution in [2.75, 3.05) is 13.7 Å². The topological polar surface area (TPSA) is 67.9 Å². The first-order valence-corrected chi connectivity index (χ1v) is 10.4. The number of carbonyl (C=O) groups excluding carboxylic acids is 2. The number of nitrogens with one attached hydrogen (secondary N) is 1. The zero-order valence-electron chi connectivity index (χ0n) is 18.1. The van der Waals surface area contributed by atoms with Crippen LogP contribution in [0.2, 0.25) is 0 Å². The lowest BCUT2D eigenvalue weighted by molar-refractivity contribution is -0.117. The van der Waals surface area contributed by atoms with E-state index in [2.05, 4.69) is 45.2 Å². The summed E-state index contributed by atoms with van der Waals surface area (Å²) in [6.07, 6.45) is 6.36. The van der Waals surface area contributed by atoms with Crippen LogP contribution in [0.1, 0.15) is 64.0 Å². The number of benzene rings is 1. The van der Waals surface area contributed by atoms with E-state index in [4.69, 9.17) is 9.47 Å². The second-order valence-corrected chi connectivity index (χ2v) is 8.73. The van der Waals surface area contributed by atoms with Crippen molar-refractivity contribution in [3.8, 4) is 11.5 Å². The van der Waals surface area contributed by atoms with Crippen LogP contribution >= 0.6 is 0 Å². The molecule has 158 valence electrons. The average molecular weight is 401 g/mol. The molecule has 0 bridgehead atoms. The molecule has 0 saturated heterocycles. The van der Waals surface area contributed by atoms with E-state index in [0.717, 1.165) is 42.6 Å². The first kappa shape index (κ1) is 21.2. The number of carbonyl (C=O) groups is 2. The molecule has 29 heavy (non-hydrogen) atoms. The number of nitrogens with zero attached hydrogens (tertiary/aromatic N) is 1. The summed E-state index contributed by atoms with van der Waals surface area (Å²) in [7, 11) is 1.59. The van der Waals surface area contributed by atoms with Gasteiger partial charge in [0.15, 0.2) is 0 Å². The molecule has 1 aromatic carbocycles. The third kappa shape index (κ3) is 4.57. The van der Waals surface area contributed by atoms with E-state index in [1.165, 1.54) is 10.5 Å². The number of amides is 2. The van der Waals surface area contributed by atoms with E-state index in [1.807, 2.05) is 6.07 Å². The van der Waals surface area contributed by atoms with Crippen molar-refractivity contribution in [1.82, 2.24) is 10.2 Å². The summed E-state index contributed by atoms with van der Waals surface area (Å²) < 4.78 is 12.2. The van der Waals surface area contributed by atoms with Crippen molar-refractivity contribution in [2.45, 2.75) is 64.9 Å². The minimum absolute atomic E-state index is 0.0910. The number of fused-ring (bicyclic) bond motifs is 3. The highest BCUT2D eigenvalue weighted by molar-refractivity contribution is 5.72. The Bertz CT molecular complexity index is 815. The molecule has 2 aliphatic rings. The van der Waals surface area contributed by atoms with E-state index < -0.39 is 6.09 Å². The number of aryl methyl sites for hydroxylation is 1. The molecule has 0 aromatic heterocycles. The first-order valence-electron chi connectivity index (χ1n) is 10.4. The molecule has 2 amide bonds. The van der Waals surface area contributed by atoms with Crippen LogP contribution in [-0.4, -0.2) is 36.7 Å². The van der Waals surface area contributed by atoms with E-state index in [9.17, 15) is 9.59 Å². The fourth-order valence-electron chi connectivity index (χ4n) is 4.44. The van der Waals surface area contributed by atoms with E-state index in [0.29, 0.717) is 18.1 Å². The van der Waals surface area contributed by atoms with Crippen LogP contribution < -0.4 is 14.8 Å². The smallest absolute Gasteiger partial charge is 0.414 e. The fourth-order valence-corrected chi connectivity index (χ4v) is 4.44. The lowest BCUT2D eigenvalue weighted by atomic mass is 9.68. The van der Waals surface area contributed by atoms with Crippen LogP contribution in [0.25, 0.3) is 0 Å². The maximum Gasteiger partial charge on any atom is 0.414 e. The molecule has 0 radical (unpaired) electrons. The van der Waals surface area contributed by atoms with E-state index >= 15 is 0 Å². The molecule has 2 unspecified atom stereocenters. The van der Waals surface area contributed by atoms with Crippen LogP contribution in [0.4, 0.5) is 4.79 Å². The Morgan fingerprint density at radius 1 is 1.41 bits per heavy atom. The molecule has 0 spiro atoms. The van der Waals surface area contributed by atoms with Gasteiger partial charge in [-0.3, -0.25) is 4.79 Å². The van der Waals surface area contributed by atoms with Gasteiger partial charge in [-0.15, -0.1) is 0 Å². The van der Waals surface area contributed by atoms with Gasteiger partial charge in [-0.1, -0.05) is 25.0 Å². The Hall–Kier alpha value is -2.50. The largest absolute Gasteiger partial charge is 0.487 e. The van der Waals surface area contributed by atoms with Gasteiger partial charge in [-0.2, -0.15) is 0 Å². The predicted molar refractivity (Wildman–Crippen MR) is 112 cm³/mol. The molecule has 2 atom stereocenters. The molecule has 1 aromatic rings. The summed E-state index contributed by atoms with van der Waals surface area (Å²) in [5.41, 5.74) is 3.11. The van der Waals surface area contributed by atoms with Gasteiger partial charge in [0, 0.05) is 24.4 Å². The summed E-state index contributed by atoms with van der Waals surface area (Å²) in [5, 5.41) is 2.61. The Morgan fingerprint density at radius 2 is 2.17 bits per heavy atom. The second kappa shape index (κ2) is 8.47. The van der Waals surface area contributed by atoms with Crippen LogP contribution in [0.5, 0.6) is 11.5 Å². The maximum absolute atomic E-state index is 12.4. The van der Waals surface area contributed by atoms with Gasteiger partial charge < -0.3 is 19.7 Å². The van der Waals surface area contributed by atoms with Crippen molar-refractivity contribution >= 4 is 12.5 Å². The Kier molecular flexibility index (Phi) is 6.20. The van der Waals surface area contributed by atoms with Crippen LogP contribution in [0.3, 0.4) is 0 Å². The highest BCUT2D eigenvalue weighted by Crippen LogP contribution is 2.53. The van der Waals surface area contributed by atoms with Gasteiger partial charge in [-0.05, 0) is 57.7 Å². The van der Waals surface area contributed by atoms with Gasteiger partial charge in [0.2, 0.25) is 6.41 Å². The highest BCUT2D eigenvalue weighted by atomic mass is 16.6. The second-order valence-electron chi connectivity index (χ2n) is 8.73. The standard InChI is InChI=1S/C23H32N2O4/c1-6-7-16-11-19(28-22(27)24-13-25(5)14-26)21-17-10-15(2)8-9-18(17)23(3,4)29-20(21)12-16/h10-12,14,17-18H,6-9,13H2,1-5H3,(H,24,27). The molecule has 0 fully saturated rings. The minimum Gasteiger partial charge on any atom is -0.487 e. The third-order valence-electron chi connectivity index (χ3n) is 5.90. The minimum atomic E-state index is -0.576. The van der Waals surface area contributed by atoms with Gasteiger partial charge in [0.05, 0.1) is 6.67 Å². The molecule has 6 heteroatoms. The normalized spacial score (nSPS) is 21.8. The lowest BCUT2D eigenvalue weighted by Crippen LogP contribution is -2.45. The van der Waals surface area contributed by atoms with E-state index in [1.54, 1.807) is 7.05 Å². The van der Waals surface area contributed by atoms with Crippen molar-refractivity contribution < 1.29 is 19.1 Å². The molecule has 0 saturated carbocycles. The molecule has 1 aliphatic heterocycles. The van der Waals surface area contributed by atoms with Crippen molar-refractivity contribution in [3.63, 3.8) is 0 Å². The summed E-state index contributed by atoms with van der Waals surface area (Å²) in [6.45, 7) is 8.67. The summed E-state index contributed by atoms with van der Waals surface area (Å²) in [4.78, 5) is 24.5. The summed E-state index contributed by atoms with van der Waals surface area (Å²) in [5.74, 6) is 1.83. The molecular weight excluding hydrogens is 368 g/mol.